The zero-order chi connectivity index (χ0) is 20.9. The van der Waals surface area contributed by atoms with Crippen LogP contribution in [0.5, 0.6) is 0 Å². The van der Waals surface area contributed by atoms with Crippen LogP contribution in [0.15, 0.2) is 35.4 Å². The molecule has 4 unspecified atom stereocenters. The average Bonchev–Trinajstić information content (AvgIpc) is 3.01. The van der Waals surface area contributed by atoms with Crippen molar-refractivity contribution >= 4 is 11.7 Å². The Labute approximate surface area is 181 Å². The van der Waals surface area contributed by atoms with Gasteiger partial charge in [0.1, 0.15) is 6.10 Å². The number of nitrogens with zero attached hydrogens (tertiary/aromatic N) is 2. The Balaban J connectivity index is 1.24. The molecule has 2 aliphatic heterocycles. The lowest BCUT2D eigenvalue weighted by molar-refractivity contribution is -0.145. The van der Waals surface area contributed by atoms with E-state index in [9.17, 15) is 4.79 Å². The number of carbonyl (C=O) groups is 1. The fourth-order valence-electron chi connectivity index (χ4n) is 6.61. The molecule has 2 heterocycles. The molecule has 0 amide bonds. The minimum atomic E-state index is 0.0484. The van der Waals surface area contributed by atoms with E-state index in [1.54, 1.807) is 11.1 Å². The Morgan fingerprint density at radius 2 is 1.97 bits per heavy atom. The van der Waals surface area contributed by atoms with Crippen molar-refractivity contribution in [1.82, 2.24) is 4.90 Å². The minimum absolute atomic E-state index is 0.0484. The highest BCUT2D eigenvalue weighted by molar-refractivity contribution is 5.76. The third-order valence-electron chi connectivity index (χ3n) is 8.37. The van der Waals surface area contributed by atoms with E-state index in [1.165, 1.54) is 30.5 Å². The van der Waals surface area contributed by atoms with Gasteiger partial charge in [-0.05, 0) is 69.1 Å². The molecule has 162 valence electrons. The molecule has 3 fully saturated rings. The summed E-state index contributed by atoms with van der Waals surface area (Å²) in [7, 11) is 0. The van der Waals surface area contributed by atoms with Gasteiger partial charge in [-0.3, -0.25) is 9.69 Å². The molecule has 1 aromatic rings. The summed E-state index contributed by atoms with van der Waals surface area (Å²) in [6.45, 7) is 11.9. The first-order valence-corrected chi connectivity index (χ1v) is 11.9. The van der Waals surface area contributed by atoms with Crippen molar-refractivity contribution in [3.05, 3.63) is 41.0 Å². The van der Waals surface area contributed by atoms with Crippen molar-refractivity contribution in [2.24, 2.45) is 17.3 Å². The highest BCUT2D eigenvalue weighted by Gasteiger charge is 2.53. The van der Waals surface area contributed by atoms with E-state index in [2.05, 4.69) is 54.8 Å². The molecule has 0 N–H and O–H groups in total. The number of carbonyl (C=O) groups excluding carboxylic acids is 1. The zero-order valence-corrected chi connectivity index (χ0v) is 18.8. The molecule has 1 saturated carbocycles. The molecule has 4 heteroatoms. The summed E-state index contributed by atoms with van der Waals surface area (Å²) in [6, 6.07) is 8.78. The first-order valence-electron chi connectivity index (χ1n) is 11.9. The molecule has 4 aliphatic rings. The maximum absolute atomic E-state index is 12.9. The molecular weight excluding hydrogens is 372 g/mol. The Kier molecular flexibility index (Phi) is 5.17. The minimum Gasteiger partial charge on any atom is -0.462 e. The number of anilines is 1. The van der Waals surface area contributed by atoms with Crippen LogP contribution >= 0.6 is 0 Å². The quantitative estimate of drug-likeness (QED) is 0.542. The molecule has 4 atom stereocenters. The summed E-state index contributed by atoms with van der Waals surface area (Å²) < 4.78 is 5.97. The van der Waals surface area contributed by atoms with Gasteiger partial charge in [0.05, 0.1) is 5.92 Å². The van der Waals surface area contributed by atoms with Crippen molar-refractivity contribution in [3.8, 4) is 0 Å². The number of hydrogen-bond acceptors (Lipinski definition) is 4. The second kappa shape index (κ2) is 7.71. The number of piperazine rings is 1. The summed E-state index contributed by atoms with van der Waals surface area (Å²) in [6.07, 6.45) is 6.02. The van der Waals surface area contributed by atoms with Crippen LogP contribution in [0.1, 0.15) is 51.5 Å². The smallest absolute Gasteiger partial charge is 0.310 e. The lowest BCUT2D eigenvalue weighted by atomic mass is 9.59. The van der Waals surface area contributed by atoms with Crippen molar-refractivity contribution in [2.75, 3.05) is 37.6 Å². The molecule has 2 aliphatic carbocycles. The van der Waals surface area contributed by atoms with E-state index in [0.717, 1.165) is 45.6 Å². The van der Waals surface area contributed by atoms with Crippen LogP contribution in [0.4, 0.5) is 5.69 Å². The maximum atomic E-state index is 12.9. The van der Waals surface area contributed by atoms with Crippen LogP contribution in [0.25, 0.3) is 0 Å². The predicted molar refractivity (Wildman–Crippen MR) is 121 cm³/mol. The number of benzene rings is 1. The van der Waals surface area contributed by atoms with Crippen LogP contribution in [0.3, 0.4) is 0 Å². The Hall–Kier alpha value is -1.81. The summed E-state index contributed by atoms with van der Waals surface area (Å²) in [4.78, 5) is 17.8. The fraction of sp³-hybridized carbons (Fsp3) is 0.654. The van der Waals surface area contributed by atoms with Gasteiger partial charge < -0.3 is 9.64 Å². The average molecular weight is 409 g/mol. The predicted octanol–water partition coefficient (Wildman–Crippen LogP) is 4.58. The van der Waals surface area contributed by atoms with Gasteiger partial charge in [-0.15, -0.1) is 0 Å². The van der Waals surface area contributed by atoms with Gasteiger partial charge in [-0.1, -0.05) is 30.2 Å². The second-order valence-electron chi connectivity index (χ2n) is 10.5. The normalized spacial score (nSPS) is 34.6. The Morgan fingerprint density at radius 1 is 1.17 bits per heavy atom. The van der Waals surface area contributed by atoms with Gasteiger partial charge >= 0.3 is 5.97 Å². The first-order chi connectivity index (χ1) is 14.4. The lowest BCUT2D eigenvalue weighted by Gasteiger charge is -2.46. The van der Waals surface area contributed by atoms with E-state index < -0.39 is 0 Å². The number of rotatable bonds is 3. The van der Waals surface area contributed by atoms with Gasteiger partial charge in [-0.25, -0.2) is 0 Å². The van der Waals surface area contributed by atoms with E-state index >= 15 is 0 Å². The topological polar surface area (TPSA) is 32.8 Å². The third kappa shape index (κ3) is 3.57. The fourth-order valence-corrected chi connectivity index (χ4v) is 6.61. The first kappa shape index (κ1) is 20.1. The molecule has 0 aromatic heterocycles. The Bertz CT molecular complexity index is 854. The zero-order valence-electron chi connectivity index (χ0n) is 18.8. The molecule has 2 saturated heterocycles. The summed E-state index contributed by atoms with van der Waals surface area (Å²) in [5.74, 6) is 0.488. The summed E-state index contributed by atoms with van der Waals surface area (Å²) in [5, 5.41) is 0. The molecule has 1 aromatic carbocycles. The van der Waals surface area contributed by atoms with Crippen molar-refractivity contribution in [2.45, 2.75) is 59.0 Å². The molecular formula is C26H36N2O2. The van der Waals surface area contributed by atoms with Crippen molar-refractivity contribution in [1.29, 1.82) is 0 Å². The second-order valence-corrected chi connectivity index (χ2v) is 10.5. The maximum Gasteiger partial charge on any atom is 0.310 e. The van der Waals surface area contributed by atoms with Gasteiger partial charge in [0.2, 0.25) is 0 Å². The van der Waals surface area contributed by atoms with Crippen LogP contribution < -0.4 is 4.90 Å². The largest absolute Gasteiger partial charge is 0.462 e. The van der Waals surface area contributed by atoms with Crippen LogP contribution in [0, 0.1) is 24.2 Å². The van der Waals surface area contributed by atoms with Crippen LogP contribution in [-0.4, -0.2) is 49.7 Å². The van der Waals surface area contributed by atoms with Gasteiger partial charge in [-0.2, -0.15) is 0 Å². The van der Waals surface area contributed by atoms with E-state index in [0.29, 0.717) is 5.92 Å². The van der Waals surface area contributed by atoms with Crippen molar-refractivity contribution in [3.63, 3.8) is 0 Å². The van der Waals surface area contributed by atoms with Crippen LogP contribution in [-0.2, 0) is 9.53 Å². The lowest BCUT2D eigenvalue weighted by Crippen LogP contribution is -2.49. The number of fused-ring (bicyclic) bond motifs is 2. The number of allylic oxidation sites excluding steroid dienone is 2. The highest BCUT2D eigenvalue weighted by Crippen LogP contribution is 2.55. The van der Waals surface area contributed by atoms with E-state index in [1.807, 2.05) is 0 Å². The molecule has 30 heavy (non-hydrogen) atoms. The molecule has 5 rings (SSSR count). The number of ether oxygens (including phenoxy) is 1. The third-order valence-corrected chi connectivity index (χ3v) is 8.37. The van der Waals surface area contributed by atoms with Crippen LogP contribution in [0.2, 0.25) is 0 Å². The summed E-state index contributed by atoms with van der Waals surface area (Å²) in [5.41, 5.74) is 6.14. The number of aryl methyl sites for hydroxylation is 1. The molecule has 0 bridgehead atoms. The monoisotopic (exact) mass is 408 g/mol. The SMILES string of the molecule is CC1=C2CC3C(CC2(C)CCC1)OC(=O)C3CN1CCN(c2cccc(C)c2)CC1. The van der Waals surface area contributed by atoms with E-state index in [4.69, 9.17) is 4.74 Å². The molecule has 4 nitrogen and oxygen atoms in total. The summed E-state index contributed by atoms with van der Waals surface area (Å²) >= 11 is 0. The van der Waals surface area contributed by atoms with Gasteiger partial charge in [0.25, 0.3) is 0 Å². The standard InChI is InChI=1S/C26H36N2O2/c1-18-6-4-8-20(14-18)28-12-10-27(11-13-28)17-22-21-15-23-19(2)7-5-9-26(23,3)16-24(21)30-25(22)29/h4,6,8,14,21-22,24H,5,7,9-13,15-17H2,1-3H3. The number of esters is 1. The highest BCUT2D eigenvalue weighted by atomic mass is 16.6. The molecule has 0 radical (unpaired) electrons. The van der Waals surface area contributed by atoms with Gasteiger partial charge in [0, 0.05) is 44.3 Å². The number of hydrogen-bond donors (Lipinski definition) is 0. The van der Waals surface area contributed by atoms with E-state index in [-0.39, 0.29) is 23.4 Å². The van der Waals surface area contributed by atoms with Crippen molar-refractivity contribution < 1.29 is 9.53 Å². The Morgan fingerprint density at radius 3 is 2.73 bits per heavy atom. The van der Waals surface area contributed by atoms with Gasteiger partial charge in [0.15, 0.2) is 0 Å². The molecule has 0 spiro atoms.